The average molecular weight is 276 g/mol. The zero-order valence-corrected chi connectivity index (χ0v) is 10.0. The highest BCUT2D eigenvalue weighted by molar-refractivity contribution is 9.10. The van der Waals surface area contributed by atoms with Crippen LogP contribution >= 0.6 is 15.9 Å². The van der Waals surface area contributed by atoms with Crippen molar-refractivity contribution in [3.8, 4) is 0 Å². The van der Waals surface area contributed by atoms with Gasteiger partial charge in [-0.25, -0.2) is 9.97 Å². The first-order valence-corrected chi connectivity index (χ1v) is 5.51. The Labute approximate surface area is 96.7 Å². The number of halogens is 1. The Balaban J connectivity index is 2.64. The number of aryl methyl sites for hydroxylation is 1. The normalized spacial score (nSPS) is 12.5. The molecule has 1 atom stereocenters. The van der Waals surface area contributed by atoms with Gasteiger partial charge in [0.1, 0.15) is 16.2 Å². The van der Waals surface area contributed by atoms with Gasteiger partial charge in [-0.1, -0.05) is 6.92 Å². The minimum atomic E-state index is -0.774. The van der Waals surface area contributed by atoms with Crippen molar-refractivity contribution in [1.82, 2.24) is 9.97 Å². The number of nitrogens with one attached hydrogen (secondary N) is 1. The van der Waals surface area contributed by atoms with Gasteiger partial charge in [0, 0.05) is 19.0 Å². The SMILES string of the molecule is CCc1nc(Br)cc(NCC(O)CO)n1. The van der Waals surface area contributed by atoms with Gasteiger partial charge in [0.2, 0.25) is 0 Å². The summed E-state index contributed by atoms with van der Waals surface area (Å²) in [5.74, 6) is 1.37. The molecular formula is C9H14BrN3O2. The van der Waals surface area contributed by atoms with E-state index in [9.17, 15) is 0 Å². The fourth-order valence-electron chi connectivity index (χ4n) is 1.00. The summed E-state index contributed by atoms with van der Waals surface area (Å²) in [5.41, 5.74) is 0. The van der Waals surface area contributed by atoms with E-state index in [1.54, 1.807) is 6.07 Å². The quantitative estimate of drug-likeness (QED) is 0.685. The zero-order chi connectivity index (χ0) is 11.3. The molecule has 6 heteroatoms. The van der Waals surface area contributed by atoms with Crippen molar-refractivity contribution in [3.63, 3.8) is 0 Å². The predicted molar refractivity (Wildman–Crippen MR) is 60.7 cm³/mol. The maximum atomic E-state index is 9.15. The largest absolute Gasteiger partial charge is 0.394 e. The van der Waals surface area contributed by atoms with Crippen molar-refractivity contribution in [3.05, 3.63) is 16.5 Å². The first-order chi connectivity index (χ1) is 7.15. The standard InChI is InChI=1S/C9H14BrN3O2/c1-2-8-12-7(10)3-9(13-8)11-4-6(15)5-14/h3,6,14-15H,2,4-5H2,1H3,(H,11,12,13). The van der Waals surface area contributed by atoms with Crippen LogP contribution in [0, 0.1) is 0 Å². The second kappa shape index (κ2) is 5.99. The van der Waals surface area contributed by atoms with Gasteiger partial charge in [0.25, 0.3) is 0 Å². The van der Waals surface area contributed by atoms with Gasteiger partial charge in [0.05, 0.1) is 12.7 Å². The Kier molecular flexibility index (Phi) is 4.93. The second-order valence-corrected chi connectivity index (χ2v) is 3.88. The van der Waals surface area contributed by atoms with E-state index in [1.807, 2.05) is 6.92 Å². The van der Waals surface area contributed by atoms with Crippen LogP contribution in [0.4, 0.5) is 5.82 Å². The number of hydrogen-bond donors (Lipinski definition) is 3. The number of rotatable bonds is 5. The molecule has 0 saturated carbocycles. The van der Waals surface area contributed by atoms with E-state index in [0.29, 0.717) is 10.4 Å². The van der Waals surface area contributed by atoms with E-state index in [2.05, 4.69) is 31.2 Å². The van der Waals surface area contributed by atoms with Crippen molar-refractivity contribution in [1.29, 1.82) is 0 Å². The van der Waals surface area contributed by atoms with Gasteiger partial charge in [-0.05, 0) is 15.9 Å². The number of aliphatic hydroxyl groups is 2. The van der Waals surface area contributed by atoms with Crippen LogP contribution in [0.15, 0.2) is 10.7 Å². The molecule has 0 amide bonds. The maximum Gasteiger partial charge on any atom is 0.131 e. The highest BCUT2D eigenvalue weighted by Crippen LogP contribution is 2.12. The molecule has 1 aromatic rings. The molecule has 0 aromatic carbocycles. The summed E-state index contributed by atoms with van der Waals surface area (Å²) in [7, 11) is 0. The van der Waals surface area contributed by atoms with Crippen molar-refractivity contribution >= 4 is 21.7 Å². The Morgan fingerprint density at radius 2 is 2.27 bits per heavy atom. The van der Waals surface area contributed by atoms with E-state index in [-0.39, 0.29) is 13.2 Å². The summed E-state index contributed by atoms with van der Waals surface area (Å²) in [6, 6.07) is 1.73. The number of hydrogen-bond acceptors (Lipinski definition) is 5. The molecule has 1 aromatic heterocycles. The molecule has 0 radical (unpaired) electrons. The highest BCUT2D eigenvalue weighted by atomic mass is 79.9. The molecule has 0 saturated heterocycles. The van der Waals surface area contributed by atoms with Crippen LogP contribution in [0.2, 0.25) is 0 Å². The molecule has 3 N–H and O–H groups in total. The van der Waals surface area contributed by atoms with E-state index in [1.165, 1.54) is 0 Å². The minimum Gasteiger partial charge on any atom is -0.394 e. The third-order valence-corrected chi connectivity index (χ3v) is 2.19. The lowest BCUT2D eigenvalue weighted by Gasteiger charge is -2.10. The van der Waals surface area contributed by atoms with Gasteiger partial charge in [-0.15, -0.1) is 0 Å². The van der Waals surface area contributed by atoms with Crippen molar-refractivity contribution in [2.75, 3.05) is 18.5 Å². The third-order valence-electron chi connectivity index (χ3n) is 1.79. The Morgan fingerprint density at radius 1 is 1.53 bits per heavy atom. The smallest absolute Gasteiger partial charge is 0.131 e. The average Bonchev–Trinajstić information content (AvgIpc) is 2.25. The molecule has 5 nitrogen and oxygen atoms in total. The van der Waals surface area contributed by atoms with Crippen LogP contribution in [-0.2, 0) is 6.42 Å². The lowest BCUT2D eigenvalue weighted by Crippen LogP contribution is -2.23. The molecule has 1 rings (SSSR count). The predicted octanol–water partition coefficient (Wildman–Crippen LogP) is 0.567. The Bertz CT molecular complexity index is 322. The number of aliphatic hydroxyl groups excluding tert-OH is 2. The van der Waals surface area contributed by atoms with Crippen LogP contribution in [0.25, 0.3) is 0 Å². The topological polar surface area (TPSA) is 78.3 Å². The summed E-state index contributed by atoms with van der Waals surface area (Å²) < 4.78 is 0.704. The molecule has 84 valence electrons. The molecule has 1 heterocycles. The first-order valence-electron chi connectivity index (χ1n) is 4.72. The third kappa shape index (κ3) is 4.11. The number of aromatic nitrogens is 2. The Morgan fingerprint density at radius 3 is 2.87 bits per heavy atom. The molecule has 0 aliphatic carbocycles. The van der Waals surface area contributed by atoms with Crippen molar-refractivity contribution < 1.29 is 10.2 Å². The van der Waals surface area contributed by atoms with Gasteiger partial charge >= 0.3 is 0 Å². The Hall–Kier alpha value is -0.720. The van der Waals surface area contributed by atoms with Crippen LogP contribution < -0.4 is 5.32 Å². The van der Waals surface area contributed by atoms with Crippen molar-refractivity contribution in [2.45, 2.75) is 19.4 Å². The van der Waals surface area contributed by atoms with E-state index >= 15 is 0 Å². The molecule has 0 aliphatic heterocycles. The van der Waals surface area contributed by atoms with E-state index in [0.717, 1.165) is 12.2 Å². The van der Waals surface area contributed by atoms with Gasteiger partial charge in [0.15, 0.2) is 0 Å². The first kappa shape index (κ1) is 12.4. The maximum absolute atomic E-state index is 9.15. The lowest BCUT2D eigenvalue weighted by molar-refractivity contribution is 0.105. The molecule has 0 aliphatic rings. The van der Waals surface area contributed by atoms with Crippen LogP contribution in [0.3, 0.4) is 0 Å². The van der Waals surface area contributed by atoms with Gasteiger partial charge in [-0.3, -0.25) is 0 Å². The molecule has 1 unspecified atom stereocenters. The van der Waals surface area contributed by atoms with E-state index < -0.39 is 6.10 Å². The van der Waals surface area contributed by atoms with Crippen LogP contribution in [0.1, 0.15) is 12.7 Å². The molecule has 15 heavy (non-hydrogen) atoms. The number of nitrogens with zero attached hydrogens (tertiary/aromatic N) is 2. The van der Waals surface area contributed by atoms with Gasteiger partial charge in [-0.2, -0.15) is 0 Å². The highest BCUT2D eigenvalue weighted by Gasteiger charge is 2.04. The van der Waals surface area contributed by atoms with Crippen LogP contribution in [0.5, 0.6) is 0 Å². The molecular weight excluding hydrogens is 262 g/mol. The van der Waals surface area contributed by atoms with Crippen molar-refractivity contribution in [2.24, 2.45) is 0 Å². The summed E-state index contributed by atoms with van der Waals surface area (Å²) >= 11 is 3.27. The summed E-state index contributed by atoms with van der Waals surface area (Å²) in [5, 5.41) is 20.7. The number of anilines is 1. The van der Waals surface area contributed by atoms with E-state index in [4.69, 9.17) is 10.2 Å². The zero-order valence-electron chi connectivity index (χ0n) is 8.44. The monoisotopic (exact) mass is 275 g/mol. The fourth-order valence-corrected chi connectivity index (χ4v) is 1.42. The summed E-state index contributed by atoms with van der Waals surface area (Å²) in [6.07, 6.45) is -0.0275. The van der Waals surface area contributed by atoms with Gasteiger partial charge < -0.3 is 15.5 Å². The molecule has 0 bridgehead atoms. The summed E-state index contributed by atoms with van der Waals surface area (Å²) in [4.78, 5) is 8.37. The lowest BCUT2D eigenvalue weighted by atomic mass is 10.3. The molecule has 0 spiro atoms. The van der Waals surface area contributed by atoms with Crippen LogP contribution in [-0.4, -0.2) is 39.4 Å². The summed E-state index contributed by atoms with van der Waals surface area (Å²) in [6.45, 7) is 1.97. The second-order valence-electron chi connectivity index (χ2n) is 3.06. The minimum absolute atomic E-state index is 0.264. The fraction of sp³-hybridized carbons (Fsp3) is 0.556. The molecule has 0 fully saturated rings.